The van der Waals surface area contributed by atoms with Gasteiger partial charge >= 0.3 is 0 Å². The van der Waals surface area contributed by atoms with E-state index in [9.17, 15) is 0 Å². The molecule has 0 spiro atoms. The van der Waals surface area contributed by atoms with Gasteiger partial charge in [-0.2, -0.15) is 5.10 Å². The van der Waals surface area contributed by atoms with Crippen molar-refractivity contribution in [2.24, 2.45) is 12.8 Å². The van der Waals surface area contributed by atoms with Gasteiger partial charge in [0.15, 0.2) is 0 Å². The molecule has 0 amide bonds. The lowest BCUT2D eigenvalue weighted by Crippen LogP contribution is -1.98. The molecule has 0 aliphatic carbocycles. The number of aromatic nitrogens is 3. The molecule has 4 heteroatoms. The normalized spacial score (nSPS) is 10.8. The third-order valence-electron chi connectivity index (χ3n) is 1.92. The van der Waals surface area contributed by atoms with Crippen LogP contribution in [0.4, 0.5) is 0 Å². The number of fused-ring (bicyclic) bond motifs is 1. The summed E-state index contributed by atoms with van der Waals surface area (Å²) in [5, 5.41) is 5.35. The van der Waals surface area contributed by atoms with Gasteiger partial charge in [-0.25, -0.2) is 0 Å². The highest BCUT2D eigenvalue weighted by Gasteiger charge is 2.04. The molecule has 2 aromatic rings. The first-order valence-corrected chi connectivity index (χ1v) is 3.78. The average Bonchev–Trinajstić information content (AvgIpc) is 2.44. The minimum absolute atomic E-state index is 0.474. The van der Waals surface area contributed by atoms with Gasteiger partial charge in [0.05, 0.1) is 17.4 Å². The van der Waals surface area contributed by atoms with Gasteiger partial charge in [-0.05, 0) is 6.07 Å². The average molecular weight is 162 g/mol. The fourth-order valence-electron chi connectivity index (χ4n) is 1.33. The molecular weight excluding hydrogens is 152 g/mol. The molecule has 12 heavy (non-hydrogen) atoms. The molecule has 4 nitrogen and oxygen atoms in total. The SMILES string of the molecule is Cn1nc(CN)c2ccncc21. The Balaban J connectivity index is 2.82. The van der Waals surface area contributed by atoms with Crippen LogP contribution in [0.15, 0.2) is 18.5 Å². The second-order valence-electron chi connectivity index (χ2n) is 2.67. The van der Waals surface area contributed by atoms with Gasteiger partial charge in [0.2, 0.25) is 0 Å². The Bertz CT molecular complexity index is 404. The van der Waals surface area contributed by atoms with Gasteiger partial charge in [0.25, 0.3) is 0 Å². The van der Waals surface area contributed by atoms with Crippen molar-refractivity contribution in [3.63, 3.8) is 0 Å². The Morgan fingerprint density at radius 1 is 1.58 bits per heavy atom. The van der Waals surface area contributed by atoms with Crippen molar-refractivity contribution in [3.05, 3.63) is 24.2 Å². The Labute approximate surface area is 70.0 Å². The highest BCUT2D eigenvalue weighted by molar-refractivity contribution is 5.80. The molecule has 0 atom stereocenters. The highest BCUT2D eigenvalue weighted by Crippen LogP contribution is 2.14. The summed E-state index contributed by atoms with van der Waals surface area (Å²) in [6.07, 6.45) is 3.55. The van der Waals surface area contributed by atoms with Gasteiger partial charge < -0.3 is 5.73 Å². The van der Waals surface area contributed by atoms with Crippen molar-refractivity contribution in [1.82, 2.24) is 14.8 Å². The molecule has 2 heterocycles. The quantitative estimate of drug-likeness (QED) is 0.661. The van der Waals surface area contributed by atoms with Crippen LogP contribution in [0.5, 0.6) is 0 Å². The van der Waals surface area contributed by atoms with E-state index in [1.807, 2.05) is 13.1 Å². The van der Waals surface area contributed by atoms with Crippen LogP contribution in [0.2, 0.25) is 0 Å². The van der Waals surface area contributed by atoms with Crippen molar-refractivity contribution < 1.29 is 0 Å². The fraction of sp³-hybridized carbons (Fsp3) is 0.250. The van der Waals surface area contributed by atoms with Crippen molar-refractivity contribution in [2.45, 2.75) is 6.54 Å². The molecule has 0 saturated carbocycles. The van der Waals surface area contributed by atoms with Crippen LogP contribution >= 0.6 is 0 Å². The van der Waals surface area contributed by atoms with Crippen molar-refractivity contribution in [2.75, 3.05) is 0 Å². The van der Waals surface area contributed by atoms with E-state index in [0.29, 0.717) is 6.54 Å². The van der Waals surface area contributed by atoms with Crippen LogP contribution in [0.1, 0.15) is 5.69 Å². The minimum atomic E-state index is 0.474. The van der Waals surface area contributed by atoms with Gasteiger partial charge in [0.1, 0.15) is 0 Å². The zero-order valence-corrected chi connectivity index (χ0v) is 6.86. The second kappa shape index (κ2) is 2.57. The summed E-state index contributed by atoms with van der Waals surface area (Å²) < 4.78 is 1.80. The molecule has 2 rings (SSSR count). The molecule has 0 aliphatic heterocycles. The summed E-state index contributed by atoms with van der Waals surface area (Å²) in [5.41, 5.74) is 7.48. The number of nitrogens with zero attached hydrogens (tertiary/aromatic N) is 3. The molecule has 2 aromatic heterocycles. The Kier molecular flexibility index (Phi) is 1.55. The summed E-state index contributed by atoms with van der Waals surface area (Å²) in [6.45, 7) is 0.474. The molecule has 0 aliphatic rings. The number of pyridine rings is 1. The highest BCUT2D eigenvalue weighted by atomic mass is 15.3. The van der Waals surface area contributed by atoms with E-state index in [2.05, 4.69) is 10.1 Å². The van der Waals surface area contributed by atoms with Crippen LogP contribution in [0.25, 0.3) is 10.9 Å². The smallest absolute Gasteiger partial charge is 0.0865 e. The van der Waals surface area contributed by atoms with E-state index in [1.54, 1.807) is 17.1 Å². The lowest BCUT2D eigenvalue weighted by Gasteiger charge is -1.89. The molecular formula is C8H10N4. The summed E-state index contributed by atoms with van der Waals surface area (Å²) in [6, 6.07) is 1.94. The van der Waals surface area contributed by atoms with Crippen LogP contribution in [0.3, 0.4) is 0 Å². The van der Waals surface area contributed by atoms with Crippen LogP contribution in [-0.4, -0.2) is 14.8 Å². The summed E-state index contributed by atoms with van der Waals surface area (Å²) in [7, 11) is 1.89. The summed E-state index contributed by atoms with van der Waals surface area (Å²) >= 11 is 0. The molecule has 62 valence electrons. The van der Waals surface area contributed by atoms with Crippen LogP contribution < -0.4 is 5.73 Å². The van der Waals surface area contributed by atoms with Crippen molar-refractivity contribution >= 4 is 10.9 Å². The summed E-state index contributed by atoms with van der Waals surface area (Å²) in [5.74, 6) is 0. The minimum Gasteiger partial charge on any atom is -0.325 e. The first-order chi connectivity index (χ1) is 5.83. The maximum Gasteiger partial charge on any atom is 0.0865 e. The molecule has 0 unspecified atom stereocenters. The van der Waals surface area contributed by atoms with E-state index in [1.165, 1.54) is 0 Å². The predicted octanol–water partition coefficient (Wildman–Crippen LogP) is 0.427. The van der Waals surface area contributed by atoms with E-state index < -0.39 is 0 Å². The van der Waals surface area contributed by atoms with E-state index >= 15 is 0 Å². The van der Waals surface area contributed by atoms with Crippen LogP contribution in [0, 0.1) is 0 Å². The van der Waals surface area contributed by atoms with Gasteiger partial charge in [-0.3, -0.25) is 9.67 Å². The maximum atomic E-state index is 5.53. The first kappa shape index (κ1) is 7.24. The number of aryl methyl sites for hydroxylation is 1. The topological polar surface area (TPSA) is 56.7 Å². The first-order valence-electron chi connectivity index (χ1n) is 3.78. The molecule has 0 radical (unpaired) electrons. The lowest BCUT2D eigenvalue weighted by molar-refractivity contribution is 0.765. The molecule has 2 N–H and O–H groups in total. The number of hydrogen-bond acceptors (Lipinski definition) is 3. The largest absolute Gasteiger partial charge is 0.325 e. The zero-order chi connectivity index (χ0) is 8.55. The molecule has 0 fully saturated rings. The Morgan fingerprint density at radius 3 is 3.17 bits per heavy atom. The van der Waals surface area contributed by atoms with Gasteiger partial charge in [0, 0.05) is 25.2 Å². The van der Waals surface area contributed by atoms with Crippen LogP contribution in [-0.2, 0) is 13.6 Å². The zero-order valence-electron chi connectivity index (χ0n) is 6.86. The third kappa shape index (κ3) is 0.887. The van der Waals surface area contributed by atoms with Crippen molar-refractivity contribution in [3.8, 4) is 0 Å². The van der Waals surface area contributed by atoms with Crippen molar-refractivity contribution in [1.29, 1.82) is 0 Å². The summed E-state index contributed by atoms with van der Waals surface area (Å²) in [4.78, 5) is 4.02. The Morgan fingerprint density at radius 2 is 2.42 bits per heavy atom. The fourth-order valence-corrected chi connectivity index (χ4v) is 1.33. The van der Waals surface area contributed by atoms with E-state index in [0.717, 1.165) is 16.6 Å². The van der Waals surface area contributed by atoms with E-state index in [-0.39, 0.29) is 0 Å². The maximum absolute atomic E-state index is 5.53. The predicted molar refractivity (Wildman–Crippen MR) is 46.4 cm³/mol. The standard InChI is InChI=1S/C8H10N4/c1-12-8-5-10-3-2-6(8)7(4-9)11-12/h2-3,5H,4,9H2,1H3. The number of rotatable bonds is 1. The monoisotopic (exact) mass is 162 g/mol. The molecule has 0 aromatic carbocycles. The number of hydrogen-bond donors (Lipinski definition) is 1. The lowest BCUT2D eigenvalue weighted by atomic mass is 10.2. The molecule has 0 saturated heterocycles. The molecule has 0 bridgehead atoms. The third-order valence-corrected chi connectivity index (χ3v) is 1.92. The number of nitrogens with two attached hydrogens (primary N) is 1. The Hall–Kier alpha value is -1.42. The van der Waals surface area contributed by atoms with Gasteiger partial charge in [-0.1, -0.05) is 0 Å². The second-order valence-corrected chi connectivity index (χ2v) is 2.67. The van der Waals surface area contributed by atoms with E-state index in [4.69, 9.17) is 5.73 Å². The van der Waals surface area contributed by atoms with Gasteiger partial charge in [-0.15, -0.1) is 0 Å².